The first kappa shape index (κ1) is 25.1. The molecule has 0 aliphatic carbocycles. The molecular weight excluding hydrogens is 528 g/mol. The van der Waals surface area contributed by atoms with Crippen LogP contribution >= 0.6 is 0 Å². The molecule has 0 radical (unpaired) electrons. The van der Waals surface area contributed by atoms with E-state index < -0.39 is 0 Å². The lowest BCUT2D eigenvalue weighted by molar-refractivity contribution is 1.51. The topological polar surface area (TPSA) is 0 Å². The van der Waals surface area contributed by atoms with Crippen LogP contribution in [0.1, 0.15) is 11.1 Å². The minimum Gasteiger partial charge on any atom is -0.0587 e. The van der Waals surface area contributed by atoms with Gasteiger partial charge in [-0.25, -0.2) is 0 Å². The molecule has 0 spiro atoms. The van der Waals surface area contributed by atoms with Gasteiger partial charge in [0.05, 0.1) is 0 Å². The van der Waals surface area contributed by atoms with Gasteiger partial charge in [0.1, 0.15) is 0 Å². The molecule has 9 rings (SSSR count). The van der Waals surface area contributed by atoms with Gasteiger partial charge in [-0.2, -0.15) is 0 Å². The Kier molecular flexibility index (Phi) is 5.43. The molecular formula is C44H30. The Bertz CT molecular complexity index is 2440. The van der Waals surface area contributed by atoms with E-state index in [4.69, 9.17) is 0 Å². The SMILES string of the molecule is Cc1ccc2c(ccc3cc(-c4ccc5c(ccc6cc(-c7ccc8c(ccc9cc(C)ccc98)c7)ccc65)c4)ccc32)c1. The summed E-state index contributed by atoms with van der Waals surface area (Å²) < 4.78 is 0. The van der Waals surface area contributed by atoms with Gasteiger partial charge in [0.25, 0.3) is 0 Å². The molecule has 0 aromatic heterocycles. The molecule has 0 bridgehead atoms. The van der Waals surface area contributed by atoms with E-state index in [-0.39, 0.29) is 0 Å². The second-order valence-electron chi connectivity index (χ2n) is 12.4. The molecule has 0 fully saturated rings. The molecule has 0 saturated heterocycles. The fourth-order valence-electron chi connectivity index (χ4n) is 7.17. The molecule has 206 valence electrons. The van der Waals surface area contributed by atoms with Crippen LogP contribution in [0.2, 0.25) is 0 Å². The van der Waals surface area contributed by atoms with Crippen molar-refractivity contribution >= 4 is 64.6 Å². The Labute approximate surface area is 256 Å². The maximum atomic E-state index is 2.34. The van der Waals surface area contributed by atoms with Crippen LogP contribution in [0.4, 0.5) is 0 Å². The molecule has 44 heavy (non-hydrogen) atoms. The van der Waals surface area contributed by atoms with Crippen molar-refractivity contribution in [3.05, 3.63) is 157 Å². The quantitative estimate of drug-likeness (QED) is 0.185. The zero-order chi connectivity index (χ0) is 29.4. The van der Waals surface area contributed by atoms with Crippen molar-refractivity contribution in [3.8, 4) is 22.3 Å². The first-order valence-corrected chi connectivity index (χ1v) is 15.4. The van der Waals surface area contributed by atoms with Crippen molar-refractivity contribution in [3.63, 3.8) is 0 Å². The van der Waals surface area contributed by atoms with Crippen molar-refractivity contribution < 1.29 is 0 Å². The summed E-state index contributed by atoms with van der Waals surface area (Å²) in [6, 6.07) is 54.6. The normalized spacial score (nSPS) is 11.9. The lowest BCUT2D eigenvalue weighted by atomic mass is 9.93. The van der Waals surface area contributed by atoms with E-state index in [1.807, 2.05) is 0 Å². The summed E-state index contributed by atoms with van der Waals surface area (Å²) in [5, 5.41) is 15.5. The second kappa shape index (κ2) is 9.53. The lowest BCUT2D eigenvalue weighted by Crippen LogP contribution is -1.85. The molecule has 0 saturated carbocycles. The van der Waals surface area contributed by atoms with Crippen LogP contribution in [0, 0.1) is 13.8 Å². The smallest absolute Gasteiger partial charge is 0.0105 e. The van der Waals surface area contributed by atoms with E-state index in [0.717, 1.165) is 0 Å². The minimum atomic E-state index is 1.25. The molecule has 9 aromatic carbocycles. The highest BCUT2D eigenvalue weighted by atomic mass is 14.1. The molecule has 0 aliphatic rings. The van der Waals surface area contributed by atoms with Crippen molar-refractivity contribution in [1.82, 2.24) is 0 Å². The predicted molar refractivity (Wildman–Crippen MR) is 192 cm³/mol. The van der Waals surface area contributed by atoms with E-state index in [1.54, 1.807) is 0 Å². The third kappa shape index (κ3) is 3.99. The maximum absolute atomic E-state index is 2.34. The van der Waals surface area contributed by atoms with Crippen LogP contribution in [0.3, 0.4) is 0 Å². The van der Waals surface area contributed by atoms with Gasteiger partial charge < -0.3 is 0 Å². The van der Waals surface area contributed by atoms with Gasteiger partial charge in [0.2, 0.25) is 0 Å². The highest BCUT2D eigenvalue weighted by Gasteiger charge is 2.09. The van der Waals surface area contributed by atoms with Crippen molar-refractivity contribution in [2.45, 2.75) is 13.8 Å². The molecule has 0 unspecified atom stereocenters. The summed E-state index contributed by atoms with van der Waals surface area (Å²) in [5.74, 6) is 0. The van der Waals surface area contributed by atoms with Crippen molar-refractivity contribution in [1.29, 1.82) is 0 Å². The van der Waals surface area contributed by atoms with Gasteiger partial charge >= 0.3 is 0 Å². The van der Waals surface area contributed by atoms with E-state index in [2.05, 4.69) is 159 Å². The van der Waals surface area contributed by atoms with Crippen molar-refractivity contribution in [2.24, 2.45) is 0 Å². The molecule has 9 aromatic rings. The molecule has 0 atom stereocenters. The summed E-state index contributed by atoms with van der Waals surface area (Å²) in [7, 11) is 0. The molecule has 0 aliphatic heterocycles. The van der Waals surface area contributed by atoms with Gasteiger partial charge in [0.15, 0.2) is 0 Å². The number of hydrogen-bond acceptors (Lipinski definition) is 0. The highest BCUT2D eigenvalue weighted by molar-refractivity contribution is 6.12. The zero-order valence-electron chi connectivity index (χ0n) is 24.9. The minimum absolute atomic E-state index is 1.25. The van der Waals surface area contributed by atoms with Gasteiger partial charge in [-0.3, -0.25) is 0 Å². The van der Waals surface area contributed by atoms with Gasteiger partial charge in [0, 0.05) is 0 Å². The molecule has 0 amide bonds. The maximum Gasteiger partial charge on any atom is -0.0105 e. The van der Waals surface area contributed by atoms with Gasteiger partial charge in [-0.05, 0) is 125 Å². The number of hydrogen-bond donors (Lipinski definition) is 0. The van der Waals surface area contributed by atoms with Crippen LogP contribution in [0.5, 0.6) is 0 Å². The van der Waals surface area contributed by atoms with Gasteiger partial charge in [-0.15, -0.1) is 0 Å². The summed E-state index contributed by atoms with van der Waals surface area (Å²) in [5.41, 5.74) is 7.59. The Morgan fingerprint density at radius 2 is 0.455 bits per heavy atom. The predicted octanol–water partition coefficient (Wildman–Crippen LogP) is 12.6. The molecule has 0 N–H and O–H groups in total. The Balaban J connectivity index is 1.09. The Morgan fingerprint density at radius 3 is 0.727 bits per heavy atom. The van der Waals surface area contributed by atoms with Crippen molar-refractivity contribution in [2.75, 3.05) is 0 Å². The third-order valence-electron chi connectivity index (χ3n) is 9.48. The lowest BCUT2D eigenvalue weighted by Gasteiger charge is -2.11. The highest BCUT2D eigenvalue weighted by Crippen LogP contribution is 2.36. The summed E-state index contributed by atoms with van der Waals surface area (Å²) >= 11 is 0. The summed E-state index contributed by atoms with van der Waals surface area (Å²) in [6.07, 6.45) is 0. The monoisotopic (exact) mass is 558 g/mol. The van der Waals surface area contributed by atoms with Gasteiger partial charge in [-0.1, -0.05) is 132 Å². The molecule has 0 heterocycles. The summed E-state index contributed by atoms with van der Waals surface area (Å²) in [4.78, 5) is 0. The van der Waals surface area contributed by atoms with E-state index in [9.17, 15) is 0 Å². The third-order valence-corrected chi connectivity index (χ3v) is 9.48. The van der Waals surface area contributed by atoms with E-state index in [1.165, 1.54) is 98.0 Å². The standard InChI is InChI=1S/C44H30/c1-27-3-15-39-33(21-27)5-7-35-23-29(11-17-41(35)39)31-13-19-43-37(25-31)9-10-38-26-32(14-20-44(38)43)30-12-18-42-36(24-30)8-6-34-22-28(2)4-16-40(34)42/h3-26H,1-2H3. The average molecular weight is 559 g/mol. The van der Waals surface area contributed by atoms with Crippen LogP contribution in [0.25, 0.3) is 86.9 Å². The van der Waals surface area contributed by atoms with E-state index in [0.29, 0.717) is 0 Å². The van der Waals surface area contributed by atoms with Crippen LogP contribution in [0.15, 0.2) is 146 Å². The molecule has 0 nitrogen and oxygen atoms in total. The average Bonchev–Trinajstić information content (AvgIpc) is 3.06. The fourth-order valence-corrected chi connectivity index (χ4v) is 7.17. The fraction of sp³-hybridized carbons (Fsp3) is 0.0455. The van der Waals surface area contributed by atoms with E-state index >= 15 is 0 Å². The summed E-state index contributed by atoms with van der Waals surface area (Å²) in [6.45, 7) is 4.31. The van der Waals surface area contributed by atoms with Crippen LogP contribution < -0.4 is 0 Å². The number of fused-ring (bicyclic) bond motifs is 9. The number of rotatable bonds is 2. The second-order valence-corrected chi connectivity index (χ2v) is 12.4. The van der Waals surface area contributed by atoms with Crippen LogP contribution in [-0.2, 0) is 0 Å². The zero-order valence-corrected chi connectivity index (χ0v) is 24.9. The first-order valence-electron chi connectivity index (χ1n) is 15.4. The number of aryl methyl sites for hydroxylation is 2. The van der Waals surface area contributed by atoms with Crippen LogP contribution in [-0.4, -0.2) is 0 Å². The largest absolute Gasteiger partial charge is 0.0587 e. The number of benzene rings is 9. The first-order chi connectivity index (χ1) is 21.6. The Hall–Kier alpha value is -5.46. The molecule has 0 heteroatoms. The Morgan fingerprint density at radius 1 is 0.227 bits per heavy atom.